The van der Waals surface area contributed by atoms with E-state index in [2.05, 4.69) is 30.3 Å². The summed E-state index contributed by atoms with van der Waals surface area (Å²) in [5, 5.41) is 11.6. The lowest BCUT2D eigenvalue weighted by atomic mass is 9.96. The molecule has 1 spiro atoms. The molecule has 5 atom stereocenters. The van der Waals surface area contributed by atoms with Gasteiger partial charge in [-0.15, -0.1) is 5.10 Å². The van der Waals surface area contributed by atoms with Gasteiger partial charge in [0.25, 0.3) is 5.91 Å². The van der Waals surface area contributed by atoms with E-state index < -0.39 is 11.9 Å². The van der Waals surface area contributed by atoms with Gasteiger partial charge in [-0.3, -0.25) is 14.5 Å². The first-order valence-electron chi connectivity index (χ1n) is 12.4. The molecule has 4 aliphatic rings. The maximum Gasteiger partial charge on any atom is 0.291 e. The molecule has 1 aromatic carbocycles. The van der Waals surface area contributed by atoms with Gasteiger partial charge in [-0.05, 0) is 25.5 Å². The van der Waals surface area contributed by atoms with Crippen molar-refractivity contribution in [2.24, 2.45) is 0 Å². The van der Waals surface area contributed by atoms with Crippen LogP contribution in [0.1, 0.15) is 35.4 Å². The predicted octanol–water partition coefficient (Wildman–Crippen LogP) is 0.105. The number of halogens is 1. The monoisotopic (exact) mass is 498 g/mol. The van der Waals surface area contributed by atoms with E-state index in [1.165, 1.54) is 17.1 Å². The molecule has 0 saturated carbocycles. The Labute approximate surface area is 208 Å². The maximum atomic E-state index is 13.9. The third-order valence-corrected chi connectivity index (χ3v) is 8.02. The maximum absolute atomic E-state index is 13.9. The molecule has 0 aliphatic carbocycles. The van der Waals surface area contributed by atoms with Crippen molar-refractivity contribution in [3.05, 3.63) is 47.8 Å². The lowest BCUT2D eigenvalue weighted by Gasteiger charge is -2.42. The Hall–Kier alpha value is -2.93. The Morgan fingerprint density at radius 1 is 1.31 bits per heavy atom. The molecule has 5 heterocycles. The Bertz CT molecular complexity index is 1170. The van der Waals surface area contributed by atoms with Gasteiger partial charge in [0.1, 0.15) is 18.2 Å². The minimum Gasteiger partial charge on any atom is -0.379 e. The smallest absolute Gasteiger partial charge is 0.291 e. The molecule has 3 unspecified atom stereocenters. The summed E-state index contributed by atoms with van der Waals surface area (Å²) in [6.45, 7) is 3.89. The minimum absolute atomic E-state index is 0.0401. The second kappa shape index (κ2) is 8.87. The first-order chi connectivity index (χ1) is 17.4. The number of methoxy groups -OCH3 is 1. The fourth-order valence-corrected chi connectivity index (χ4v) is 5.86. The molecular formula is C24H31FN8O3. The van der Waals surface area contributed by atoms with Crippen molar-refractivity contribution in [1.29, 1.82) is 0 Å². The van der Waals surface area contributed by atoms with E-state index in [-0.39, 0.29) is 29.9 Å². The highest BCUT2D eigenvalue weighted by atomic mass is 19.1. The van der Waals surface area contributed by atoms with Crippen LogP contribution < -0.4 is 5.32 Å². The third-order valence-electron chi connectivity index (χ3n) is 8.02. The first-order valence-corrected chi connectivity index (χ1v) is 12.4. The van der Waals surface area contributed by atoms with Gasteiger partial charge >= 0.3 is 0 Å². The Morgan fingerprint density at radius 3 is 2.89 bits per heavy atom. The summed E-state index contributed by atoms with van der Waals surface area (Å²) in [6, 6.07) is 6.20. The van der Waals surface area contributed by atoms with Crippen molar-refractivity contribution in [2.45, 2.75) is 49.8 Å². The van der Waals surface area contributed by atoms with Crippen LogP contribution in [0.2, 0.25) is 0 Å². The molecule has 36 heavy (non-hydrogen) atoms. The van der Waals surface area contributed by atoms with Gasteiger partial charge in [0.2, 0.25) is 11.7 Å². The molecule has 1 aromatic heterocycles. The lowest BCUT2D eigenvalue weighted by molar-refractivity contribution is -0.139. The van der Waals surface area contributed by atoms with Gasteiger partial charge in [0, 0.05) is 51.8 Å². The Kier molecular flexibility index (Phi) is 5.78. The molecular weight excluding hydrogens is 467 g/mol. The molecule has 1 N–H and O–H groups in total. The van der Waals surface area contributed by atoms with Crippen LogP contribution in [0.25, 0.3) is 0 Å². The number of nitrogens with one attached hydrogen (secondary N) is 1. The Morgan fingerprint density at radius 2 is 2.11 bits per heavy atom. The van der Waals surface area contributed by atoms with Gasteiger partial charge in [0.05, 0.1) is 12.6 Å². The first kappa shape index (κ1) is 23.5. The number of aromatic nitrogens is 3. The number of fused-ring (bicyclic) bond motifs is 1. The number of hydrazine groups is 1. The van der Waals surface area contributed by atoms with E-state index in [0.29, 0.717) is 30.7 Å². The average molecular weight is 499 g/mol. The zero-order valence-corrected chi connectivity index (χ0v) is 20.5. The molecule has 4 fully saturated rings. The molecule has 2 amide bonds. The van der Waals surface area contributed by atoms with Crippen LogP contribution >= 0.6 is 0 Å². The number of likely N-dealkylation sites (N-methyl/N-ethyl adjacent to an activating group) is 1. The van der Waals surface area contributed by atoms with Crippen LogP contribution in [0.4, 0.5) is 4.39 Å². The fourth-order valence-electron chi connectivity index (χ4n) is 5.86. The molecule has 192 valence electrons. The highest BCUT2D eigenvalue weighted by Crippen LogP contribution is 2.58. The van der Waals surface area contributed by atoms with Crippen LogP contribution in [0.5, 0.6) is 0 Å². The minimum atomic E-state index is -0.642. The number of likely N-dealkylation sites (tertiary alicyclic amines) is 1. The lowest BCUT2D eigenvalue weighted by Crippen LogP contribution is -2.59. The van der Waals surface area contributed by atoms with E-state index in [1.54, 1.807) is 30.2 Å². The number of ether oxygens (including phenoxy) is 1. The molecule has 4 aliphatic heterocycles. The summed E-state index contributed by atoms with van der Waals surface area (Å²) < 4.78 is 20.7. The number of rotatable bonds is 8. The third kappa shape index (κ3) is 3.79. The second-order valence-electron chi connectivity index (χ2n) is 10.1. The van der Waals surface area contributed by atoms with E-state index >= 15 is 0 Å². The average Bonchev–Trinajstić information content (AvgIpc) is 3.12. The van der Waals surface area contributed by atoms with Gasteiger partial charge in [-0.1, -0.05) is 18.2 Å². The quantitative estimate of drug-likeness (QED) is 0.512. The summed E-state index contributed by atoms with van der Waals surface area (Å²) in [7, 11) is 3.57. The highest BCUT2D eigenvalue weighted by molar-refractivity contribution is 5.95. The van der Waals surface area contributed by atoms with Crippen molar-refractivity contribution >= 4 is 11.8 Å². The number of amides is 2. The Balaban J connectivity index is 1.03. The SMILES string of the molecule is COC1CN(CCC2CC34N(C)C(=O)[C@@H](NC(=O)c5ncn(Cc6ccccc6F)n5)CCN3[N@]24)C1. The molecule has 12 heteroatoms. The summed E-state index contributed by atoms with van der Waals surface area (Å²) in [5.41, 5.74) is 0.454. The zero-order valence-electron chi connectivity index (χ0n) is 20.5. The van der Waals surface area contributed by atoms with Gasteiger partial charge in [-0.2, -0.15) is 10.0 Å². The van der Waals surface area contributed by atoms with E-state index in [4.69, 9.17) is 4.74 Å². The number of benzene rings is 1. The number of hydrogen-bond donors (Lipinski definition) is 1. The summed E-state index contributed by atoms with van der Waals surface area (Å²) >= 11 is 0. The van der Waals surface area contributed by atoms with Crippen LogP contribution in [-0.2, 0) is 16.1 Å². The van der Waals surface area contributed by atoms with Crippen LogP contribution in [-0.4, -0.2) is 111 Å². The van der Waals surface area contributed by atoms with Crippen molar-refractivity contribution in [2.75, 3.05) is 40.3 Å². The summed E-state index contributed by atoms with van der Waals surface area (Å²) in [6.07, 6.45) is 4.25. The molecule has 11 nitrogen and oxygen atoms in total. The van der Waals surface area contributed by atoms with Gasteiger partial charge < -0.3 is 15.0 Å². The number of carbonyl (C=O) groups excluding carboxylic acids is 2. The molecule has 0 bridgehead atoms. The van der Waals surface area contributed by atoms with E-state index in [0.717, 1.165) is 32.5 Å². The number of carbonyl (C=O) groups is 2. The van der Waals surface area contributed by atoms with Gasteiger partial charge in [0.15, 0.2) is 5.79 Å². The van der Waals surface area contributed by atoms with Gasteiger partial charge in [-0.25, -0.2) is 14.1 Å². The predicted molar refractivity (Wildman–Crippen MR) is 126 cm³/mol. The molecule has 0 radical (unpaired) electrons. The summed E-state index contributed by atoms with van der Waals surface area (Å²) in [4.78, 5) is 34.3. The zero-order chi connectivity index (χ0) is 25.0. The molecule has 4 saturated heterocycles. The fraction of sp³-hybridized carbons (Fsp3) is 0.583. The number of hydrogen-bond acceptors (Lipinski definition) is 8. The van der Waals surface area contributed by atoms with Crippen LogP contribution in [0.15, 0.2) is 30.6 Å². The molecule has 2 aromatic rings. The molecule has 6 rings (SSSR count). The second-order valence-corrected chi connectivity index (χ2v) is 10.1. The standard InChI is InChI=1S/C24H31FN8O3/c1-29-23(35)20(27-22(34)21-26-15-31(28-21)12-16-5-3-4-6-19(16)25)8-10-32-24(29)11-17(33(24)32)7-9-30-13-18(14-30)36-2/h3-6,15,17-18,20H,7-14H2,1-2H3,(H,27,34)/t17?,20-,24?,32?,33+/m0/s1. The van der Waals surface area contributed by atoms with Crippen LogP contribution in [0.3, 0.4) is 0 Å². The topological polar surface area (TPSA) is 98.6 Å². The largest absolute Gasteiger partial charge is 0.379 e. The highest BCUT2D eigenvalue weighted by Gasteiger charge is 2.76. The normalized spacial score (nSPS) is 31.6. The van der Waals surface area contributed by atoms with E-state index in [9.17, 15) is 14.0 Å². The summed E-state index contributed by atoms with van der Waals surface area (Å²) in [5.74, 6) is -1.34. The van der Waals surface area contributed by atoms with Crippen molar-refractivity contribution in [1.82, 2.24) is 39.9 Å². The van der Waals surface area contributed by atoms with Crippen molar-refractivity contribution < 1.29 is 18.7 Å². The van der Waals surface area contributed by atoms with E-state index in [1.807, 2.05) is 7.05 Å². The van der Waals surface area contributed by atoms with Crippen LogP contribution in [0, 0.1) is 5.82 Å². The van der Waals surface area contributed by atoms with Crippen molar-refractivity contribution in [3.8, 4) is 0 Å². The number of nitrogens with zero attached hydrogens (tertiary/aromatic N) is 7. The van der Waals surface area contributed by atoms with Crippen molar-refractivity contribution in [3.63, 3.8) is 0 Å².